The van der Waals surface area contributed by atoms with Crippen molar-refractivity contribution in [2.24, 2.45) is 11.8 Å². The lowest BCUT2D eigenvalue weighted by Crippen LogP contribution is -2.51. The standard InChI is InChI=1S/C22H27N3O4/c1-14(2)25-13-22-7-6-15(29-22)17(18(22)20(25)27)19(26)24-11-8-21(28,9-12-24)16-5-3-4-10-23-16/h3-7,10,14-15,17-18,28H,8-9,11-13H2,1-2H3/t15-,17-,18+,22-/m1/s1. The molecule has 1 aromatic heterocycles. The fourth-order valence-electron chi connectivity index (χ4n) is 5.45. The molecule has 0 saturated carbocycles. The Morgan fingerprint density at radius 1 is 1.31 bits per heavy atom. The molecule has 0 aliphatic carbocycles. The monoisotopic (exact) mass is 397 g/mol. The van der Waals surface area contributed by atoms with Crippen molar-refractivity contribution in [1.29, 1.82) is 0 Å². The number of nitrogens with zero attached hydrogens (tertiary/aromatic N) is 3. The molecule has 7 heteroatoms. The maximum atomic E-state index is 13.4. The first-order valence-corrected chi connectivity index (χ1v) is 10.4. The van der Waals surface area contributed by atoms with E-state index in [0.717, 1.165) is 0 Å². The zero-order chi connectivity index (χ0) is 20.4. The minimum Gasteiger partial charge on any atom is -0.383 e. The number of carbonyl (C=O) groups excluding carboxylic acids is 2. The van der Waals surface area contributed by atoms with E-state index < -0.39 is 23.0 Å². The molecule has 1 N–H and O–H groups in total. The van der Waals surface area contributed by atoms with Gasteiger partial charge in [0, 0.05) is 25.3 Å². The third-order valence-electron chi connectivity index (χ3n) is 7.08. The average molecular weight is 397 g/mol. The van der Waals surface area contributed by atoms with Gasteiger partial charge >= 0.3 is 0 Å². The number of rotatable bonds is 3. The summed E-state index contributed by atoms with van der Waals surface area (Å²) >= 11 is 0. The lowest BCUT2D eigenvalue weighted by atomic mass is 9.76. The number of carbonyl (C=O) groups is 2. The second-order valence-electron chi connectivity index (χ2n) is 9.03. The summed E-state index contributed by atoms with van der Waals surface area (Å²) in [7, 11) is 0. The van der Waals surface area contributed by atoms with Gasteiger partial charge < -0.3 is 19.6 Å². The number of likely N-dealkylation sites (tertiary alicyclic amines) is 2. The lowest BCUT2D eigenvalue weighted by molar-refractivity contribution is -0.147. The maximum Gasteiger partial charge on any atom is 0.230 e. The molecule has 4 atom stereocenters. The second-order valence-corrected chi connectivity index (χ2v) is 9.03. The summed E-state index contributed by atoms with van der Waals surface area (Å²) in [4.78, 5) is 34.4. The molecule has 4 aliphatic rings. The quantitative estimate of drug-likeness (QED) is 0.772. The second kappa shape index (κ2) is 6.37. The van der Waals surface area contributed by atoms with E-state index in [1.807, 2.05) is 49.1 Å². The fraction of sp³-hybridized carbons (Fsp3) is 0.591. The number of hydrogen-bond acceptors (Lipinski definition) is 5. The molecule has 1 spiro atoms. The van der Waals surface area contributed by atoms with Crippen LogP contribution in [0.3, 0.4) is 0 Å². The molecule has 7 nitrogen and oxygen atoms in total. The highest BCUT2D eigenvalue weighted by Gasteiger charge is 2.67. The van der Waals surface area contributed by atoms with E-state index in [2.05, 4.69) is 4.98 Å². The predicted octanol–water partition coefficient (Wildman–Crippen LogP) is 1.08. The van der Waals surface area contributed by atoms with Crippen LogP contribution >= 0.6 is 0 Å². The predicted molar refractivity (Wildman–Crippen MR) is 105 cm³/mol. The van der Waals surface area contributed by atoms with E-state index in [1.165, 1.54) is 0 Å². The molecule has 2 amide bonds. The van der Waals surface area contributed by atoms with E-state index in [9.17, 15) is 14.7 Å². The van der Waals surface area contributed by atoms with Crippen LogP contribution in [0.25, 0.3) is 0 Å². The Morgan fingerprint density at radius 2 is 2.07 bits per heavy atom. The molecule has 0 unspecified atom stereocenters. The van der Waals surface area contributed by atoms with Crippen LogP contribution in [0.1, 0.15) is 32.4 Å². The van der Waals surface area contributed by atoms with Crippen molar-refractivity contribution >= 4 is 11.8 Å². The van der Waals surface area contributed by atoms with Gasteiger partial charge in [0.25, 0.3) is 0 Å². The zero-order valence-corrected chi connectivity index (χ0v) is 16.8. The van der Waals surface area contributed by atoms with Crippen molar-refractivity contribution in [2.75, 3.05) is 19.6 Å². The summed E-state index contributed by atoms with van der Waals surface area (Å²) in [6, 6.07) is 5.59. The maximum absolute atomic E-state index is 13.4. The highest BCUT2D eigenvalue weighted by molar-refractivity contribution is 5.93. The van der Waals surface area contributed by atoms with E-state index >= 15 is 0 Å². The summed E-state index contributed by atoms with van der Waals surface area (Å²) in [5.41, 5.74) is -1.02. The number of amides is 2. The van der Waals surface area contributed by atoms with Crippen molar-refractivity contribution in [3.63, 3.8) is 0 Å². The summed E-state index contributed by atoms with van der Waals surface area (Å²) in [5, 5.41) is 11.0. The summed E-state index contributed by atoms with van der Waals surface area (Å²) in [6.07, 6.45) is 6.15. The number of ether oxygens (including phenoxy) is 1. The van der Waals surface area contributed by atoms with E-state index in [0.29, 0.717) is 38.2 Å². The Kier molecular flexibility index (Phi) is 4.12. The van der Waals surface area contributed by atoms with E-state index in [-0.39, 0.29) is 24.0 Å². The molecule has 5 rings (SSSR count). The molecule has 4 aliphatic heterocycles. The van der Waals surface area contributed by atoms with Crippen LogP contribution in [0.5, 0.6) is 0 Å². The van der Waals surface area contributed by atoms with Crippen molar-refractivity contribution in [2.45, 2.75) is 50.0 Å². The minimum atomic E-state index is -1.01. The van der Waals surface area contributed by atoms with Crippen LogP contribution in [0.2, 0.25) is 0 Å². The summed E-state index contributed by atoms with van der Waals surface area (Å²) < 4.78 is 6.19. The Balaban J connectivity index is 1.33. The largest absolute Gasteiger partial charge is 0.383 e. The smallest absolute Gasteiger partial charge is 0.230 e. The zero-order valence-electron chi connectivity index (χ0n) is 16.8. The molecule has 5 heterocycles. The number of piperidine rings is 1. The third kappa shape index (κ3) is 2.67. The van der Waals surface area contributed by atoms with Gasteiger partial charge in [0.2, 0.25) is 11.8 Å². The van der Waals surface area contributed by atoms with Crippen LogP contribution in [-0.4, -0.2) is 69.1 Å². The van der Waals surface area contributed by atoms with Crippen LogP contribution in [0, 0.1) is 11.8 Å². The van der Waals surface area contributed by atoms with Gasteiger partial charge in [-0.25, -0.2) is 0 Å². The molecule has 29 heavy (non-hydrogen) atoms. The van der Waals surface area contributed by atoms with Gasteiger partial charge in [0.1, 0.15) is 11.2 Å². The van der Waals surface area contributed by atoms with E-state index in [4.69, 9.17) is 4.74 Å². The first-order valence-electron chi connectivity index (χ1n) is 10.4. The van der Waals surface area contributed by atoms with Gasteiger partial charge in [-0.15, -0.1) is 0 Å². The molecule has 2 bridgehead atoms. The van der Waals surface area contributed by atoms with Gasteiger partial charge in [0.05, 0.1) is 30.2 Å². The average Bonchev–Trinajstić information content (AvgIpc) is 3.37. The number of aliphatic hydroxyl groups is 1. The van der Waals surface area contributed by atoms with Gasteiger partial charge in [-0.3, -0.25) is 14.6 Å². The first-order chi connectivity index (χ1) is 13.8. The fourth-order valence-corrected chi connectivity index (χ4v) is 5.45. The van der Waals surface area contributed by atoms with Gasteiger partial charge in [0.15, 0.2) is 0 Å². The SMILES string of the molecule is CC(C)N1C[C@@]23C=C[C@@H](O2)[C@@H](C(=O)N2CCC(O)(c4ccccn4)CC2)[C@H]3C1=O. The summed E-state index contributed by atoms with van der Waals surface area (Å²) in [6.45, 7) is 5.39. The highest BCUT2D eigenvalue weighted by Crippen LogP contribution is 2.53. The van der Waals surface area contributed by atoms with Crippen molar-refractivity contribution < 1.29 is 19.4 Å². The Morgan fingerprint density at radius 3 is 2.72 bits per heavy atom. The lowest BCUT2D eigenvalue weighted by Gasteiger charge is -2.39. The summed E-state index contributed by atoms with van der Waals surface area (Å²) in [5.74, 6) is -0.929. The molecule has 3 saturated heterocycles. The highest BCUT2D eigenvalue weighted by atomic mass is 16.5. The van der Waals surface area contributed by atoms with Crippen LogP contribution in [0.4, 0.5) is 0 Å². The van der Waals surface area contributed by atoms with Crippen molar-refractivity contribution in [3.8, 4) is 0 Å². The molecule has 154 valence electrons. The van der Waals surface area contributed by atoms with Crippen molar-refractivity contribution in [1.82, 2.24) is 14.8 Å². The Labute approximate surface area is 170 Å². The normalized spacial score (nSPS) is 34.9. The Hall–Kier alpha value is -2.25. The molecule has 1 aromatic rings. The molecular weight excluding hydrogens is 370 g/mol. The van der Waals surface area contributed by atoms with E-state index in [1.54, 1.807) is 11.1 Å². The number of aromatic nitrogens is 1. The number of pyridine rings is 1. The minimum absolute atomic E-state index is 0.0206. The van der Waals surface area contributed by atoms with Crippen LogP contribution in [0.15, 0.2) is 36.5 Å². The molecular formula is C22H27N3O4. The first kappa shape index (κ1) is 18.8. The van der Waals surface area contributed by atoms with Gasteiger partial charge in [-0.2, -0.15) is 0 Å². The number of hydrogen-bond donors (Lipinski definition) is 1. The molecule has 3 fully saturated rings. The van der Waals surface area contributed by atoms with Crippen molar-refractivity contribution in [3.05, 3.63) is 42.2 Å². The van der Waals surface area contributed by atoms with Gasteiger partial charge in [-0.1, -0.05) is 18.2 Å². The third-order valence-corrected chi connectivity index (χ3v) is 7.08. The Bertz CT molecular complexity index is 862. The topological polar surface area (TPSA) is 83.0 Å². The van der Waals surface area contributed by atoms with Gasteiger partial charge in [-0.05, 0) is 38.8 Å². The van der Waals surface area contributed by atoms with Crippen LogP contribution < -0.4 is 0 Å². The molecule has 0 aromatic carbocycles. The van der Waals surface area contributed by atoms with Crippen LogP contribution in [-0.2, 0) is 19.9 Å². The number of fused-ring (bicyclic) bond motifs is 1. The molecule has 0 radical (unpaired) electrons.